The molecule has 4 nitrogen and oxygen atoms in total. The van der Waals surface area contributed by atoms with Crippen LogP contribution in [0.4, 0.5) is 0 Å². The molecule has 0 unspecified atom stereocenters. The minimum absolute atomic E-state index is 0.228. The average molecular weight is 390 g/mol. The van der Waals surface area contributed by atoms with Crippen LogP contribution < -0.4 is 0 Å². The minimum Gasteiger partial charge on any atom is -0.381 e. The molecule has 0 bridgehead atoms. The summed E-state index contributed by atoms with van der Waals surface area (Å²) >= 11 is 0. The van der Waals surface area contributed by atoms with Crippen molar-refractivity contribution in [2.45, 2.75) is 55.9 Å². The lowest BCUT2D eigenvalue weighted by Gasteiger charge is -2.40. The second-order valence-electron chi connectivity index (χ2n) is 8.33. The predicted octanol–water partition coefficient (Wildman–Crippen LogP) is 3.92. The van der Waals surface area contributed by atoms with Gasteiger partial charge in [-0.1, -0.05) is 30.2 Å². The van der Waals surface area contributed by atoms with E-state index in [2.05, 4.69) is 11.0 Å². The van der Waals surface area contributed by atoms with Crippen molar-refractivity contribution in [2.75, 3.05) is 32.1 Å². The molecule has 0 spiro atoms. The second-order valence-corrected chi connectivity index (χ2v) is 10.4. The molecule has 1 aromatic carbocycles. The highest BCUT2D eigenvalue weighted by atomic mass is 32.2. The van der Waals surface area contributed by atoms with Crippen LogP contribution in [0.15, 0.2) is 34.7 Å². The van der Waals surface area contributed by atoms with E-state index < -0.39 is 9.84 Å². The maximum absolute atomic E-state index is 12.7. The van der Waals surface area contributed by atoms with Crippen LogP contribution >= 0.6 is 0 Å². The summed E-state index contributed by atoms with van der Waals surface area (Å²) in [7, 11) is -3.21. The minimum atomic E-state index is -3.21. The fourth-order valence-electron chi connectivity index (χ4n) is 4.40. The van der Waals surface area contributed by atoms with E-state index in [9.17, 15) is 8.42 Å². The molecule has 148 valence electrons. The van der Waals surface area contributed by atoms with E-state index in [1.165, 1.54) is 37.9 Å². The first-order valence-electron chi connectivity index (χ1n) is 10.4. The van der Waals surface area contributed by atoms with Gasteiger partial charge in [-0.3, -0.25) is 4.90 Å². The molecule has 0 aromatic heterocycles. The second kappa shape index (κ2) is 8.46. The Morgan fingerprint density at radius 3 is 2.26 bits per heavy atom. The van der Waals surface area contributed by atoms with Crippen LogP contribution in [0.2, 0.25) is 0 Å². The number of hydrogen-bond donors (Lipinski definition) is 0. The summed E-state index contributed by atoms with van der Waals surface area (Å²) in [5, 5.41) is 0. The number of rotatable bonds is 5. The fourth-order valence-corrected chi connectivity index (χ4v) is 6.10. The Labute approximate surface area is 163 Å². The molecule has 2 saturated heterocycles. The molecule has 2 aliphatic heterocycles. The Morgan fingerprint density at radius 1 is 1.00 bits per heavy atom. The lowest BCUT2D eigenvalue weighted by molar-refractivity contribution is 0.0723. The molecule has 4 rings (SSSR count). The molecule has 5 heteroatoms. The van der Waals surface area contributed by atoms with E-state index in [4.69, 9.17) is 4.74 Å². The first-order valence-corrected chi connectivity index (χ1v) is 12.1. The van der Waals surface area contributed by atoms with Gasteiger partial charge in [0.05, 0.1) is 10.6 Å². The monoisotopic (exact) mass is 389 g/mol. The van der Waals surface area contributed by atoms with E-state index in [1.807, 2.05) is 12.1 Å². The Balaban J connectivity index is 1.35. The molecule has 0 radical (unpaired) electrons. The van der Waals surface area contributed by atoms with Crippen molar-refractivity contribution in [3.8, 4) is 0 Å². The van der Waals surface area contributed by atoms with Gasteiger partial charge in [0.1, 0.15) is 0 Å². The third-order valence-corrected chi connectivity index (χ3v) is 8.34. The highest BCUT2D eigenvalue weighted by molar-refractivity contribution is 7.91. The zero-order chi connectivity index (χ0) is 18.7. The standard InChI is InChI=1S/C22H31NO3S/c24-27(25,17-20-10-14-26-15-11-20)22-6-4-18(5-7-22)16-19-8-12-23(13-9-19)21-2-1-3-21/h4-7,16,20-21H,1-3,8-15,17H2. The topological polar surface area (TPSA) is 46.6 Å². The molecule has 1 aromatic rings. The Hall–Kier alpha value is -1.17. The SMILES string of the molecule is O=S(=O)(CC1CCOCC1)c1ccc(C=C2CCN(C3CCC3)CC2)cc1. The summed E-state index contributed by atoms with van der Waals surface area (Å²) < 4.78 is 30.7. The summed E-state index contributed by atoms with van der Waals surface area (Å²) in [6, 6.07) is 8.33. The molecule has 1 saturated carbocycles. The molecule has 2 heterocycles. The Bertz CT molecular complexity index is 749. The van der Waals surface area contributed by atoms with E-state index in [1.54, 1.807) is 12.1 Å². The lowest BCUT2D eigenvalue weighted by atomic mass is 9.89. The van der Waals surface area contributed by atoms with Crippen LogP contribution in [0.3, 0.4) is 0 Å². The van der Waals surface area contributed by atoms with Crippen LogP contribution in [-0.4, -0.2) is 51.4 Å². The average Bonchev–Trinajstić information content (AvgIpc) is 2.63. The summed E-state index contributed by atoms with van der Waals surface area (Å²) in [4.78, 5) is 3.10. The number of benzene rings is 1. The van der Waals surface area contributed by atoms with Crippen molar-refractivity contribution < 1.29 is 13.2 Å². The van der Waals surface area contributed by atoms with Gasteiger partial charge in [-0.25, -0.2) is 8.42 Å². The molecule has 3 fully saturated rings. The van der Waals surface area contributed by atoms with Crippen molar-refractivity contribution in [3.63, 3.8) is 0 Å². The van der Waals surface area contributed by atoms with Gasteiger partial charge in [0.2, 0.25) is 0 Å². The number of ether oxygens (including phenoxy) is 1. The van der Waals surface area contributed by atoms with Crippen molar-refractivity contribution in [2.24, 2.45) is 5.92 Å². The first kappa shape index (κ1) is 19.2. The fraction of sp³-hybridized carbons (Fsp3) is 0.636. The first-order chi connectivity index (χ1) is 13.1. The van der Waals surface area contributed by atoms with E-state index in [0.717, 1.165) is 37.3 Å². The number of sulfone groups is 1. The summed E-state index contributed by atoms with van der Waals surface area (Å²) in [6.07, 6.45) is 10.4. The van der Waals surface area contributed by atoms with Gasteiger partial charge in [0.15, 0.2) is 9.84 Å². The van der Waals surface area contributed by atoms with Crippen LogP contribution in [0.1, 0.15) is 50.5 Å². The lowest BCUT2D eigenvalue weighted by Crippen LogP contribution is -2.43. The molecule has 0 amide bonds. The van der Waals surface area contributed by atoms with Crippen molar-refractivity contribution >= 4 is 15.9 Å². The molecule has 3 aliphatic rings. The van der Waals surface area contributed by atoms with Crippen LogP contribution in [0.5, 0.6) is 0 Å². The van der Waals surface area contributed by atoms with Crippen LogP contribution in [0, 0.1) is 5.92 Å². The quantitative estimate of drug-likeness (QED) is 0.766. The van der Waals surface area contributed by atoms with Gasteiger partial charge in [-0.05, 0) is 62.1 Å². The maximum Gasteiger partial charge on any atom is 0.178 e. The number of likely N-dealkylation sites (tertiary alicyclic amines) is 1. The maximum atomic E-state index is 12.7. The highest BCUT2D eigenvalue weighted by Gasteiger charge is 2.27. The van der Waals surface area contributed by atoms with Gasteiger partial charge in [-0.15, -0.1) is 0 Å². The van der Waals surface area contributed by atoms with E-state index >= 15 is 0 Å². The van der Waals surface area contributed by atoms with Crippen molar-refractivity contribution in [1.29, 1.82) is 0 Å². The number of piperidine rings is 1. The van der Waals surface area contributed by atoms with E-state index in [0.29, 0.717) is 18.1 Å². The molecule has 1 aliphatic carbocycles. The van der Waals surface area contributed by atoms with Gasteiger partial charge in [0, 0.05) is 32.3 Å². The van der Waals surface area contributed by atoms with Crippen molar-refractivity contribution in [1.82, 2.24) is 4.90 Å². The summed E-state index contributed by atoms with van der Waals surface area (Å²) in [5.41, 5.74) is 2.61. The van der Waals surface area contributed by atoms with Crippen LogP contribution in [0.25, 0.3) is 6.08 Å². The molecular weight excluding hydrogens is 358 g/mol. The molecule has 27 heavy (non-hydrogen) atoms. The normalized spacial score (nSPS) is 23.2. The Morgan fingerprint density at radius 2 is 1.67 bits per heavy atom. The molecular formula is C22H31NO3S. The molecule has 0 atom stereocenters. The van der Waals surface area contributed by atoms with E-state index in [-0.39, 0.29) is 11.7 Å². The summed E-state index contributed by atoms with van der Waals surface area (Å²) in [5.74, 6) is 0.472. The third kappa shape index (κ3) is 4.82. The largest absolute Gasteiger partial charge is 0.381 e. The van der Waals surface area contributed by atoms with Crippen LogP contribution in [-0.2, 0) is 14.6 Å². The van der Waals surface area contributed by atoms with Gasteiger partial charge in [0.25, 0.3) is 0 Å². The predicted molar refractivity (Wildman–Crippen MR) is 108 cm³/mol. The van der Waals surface area contributed by atoms with Crippen molar-refractivity contribution in [3.05, 3.63) is 35.4 Å². The molecule has 0 N–H and O–H groups in total. The zero-order valence-corrected chi connectivity index (χ0v) is 16.9. The zero-order valence-electron chi connectivity index (χ0n) is 16.1. The van der Waals surface area contributed by atoms with Gasteiger partial charge >= 0.3 is 0 Å². The highest BCUT2D eigenvalue weighted by Crippen LogP contribution is 2.29. The smallest absolute Gasteiger partial charge is 0.178 e. The third-order valence-electron chi connectivity index (χ3n) is 6.44. The summed E-state index contributed by atoms with van der Waals surface area (Å²) in [6.45, 7) is 3.72. The number of hydrogen-bond acceptors (Lipinski definition) is 4. The Kier molecular flexibility index (Phi) is 6.00. The van der Waals surface area contributed by atoms with Gasteiger partial charge < -0.3 is 4.74 Å². The number of nitrogens with zero attached hydrogens (tertiary/aromatic N) is 1. The van der Waals surface area contributed by atoms with Gasteiger partial charge in [-0.2, -0.15) is 0 Å².